The molecule has 0 radical (unpaired) electrons. The van der Waals surface area contributed by atoms with Crippen molar-refractivity contribution in [3.63, 3.8) is 0 Å². The number of amides is 3. The van der Waals surface area contributed by atoms with Gasteiger partial charge < -0.3 is 19.9 Å². The molecule has 3 amide bonds. The molecule has 9 nitrogen and oxygen atoms in total. The van der Waals surface area contributed by atoms with Gasteiger partial charge in [-0.05, 0) is 82.1 Å². The molecule has 37 heavy (non-hydrogen) atoms. The Morgan fingerprint density at radius 2 is 1.73 bits per heavy atom. The van der Waals surface area contributed by atoms with Gasteiger partial charge in [0.25, 0.3) is 0 Å². The maximum atomic E-state index is 12.4. The summed E-state index contributed by atoms with van der Waals surface area (Å²) in [6.45, 7) is 12.7. The third kappa shape index (κ3) is 6.20. The number of rotatable bonds is 5. The van der Waals surface area contributed by atoms with E-state index in [2.05, 4.69) is 32.6 Å². The minimum absolute atomic E-state index is 0.171. The fourth-order valence-corrected chi connectivity index (χ4v) is 6.06. The zero-order valence-corrected chi connectivity index (χ0v) is 22.4. The third-order valence-corrected chi connectivity index (χ3v) is 8.43. The summed E-state index contributed by atoms with van der Waals surface area (Å²) in [5.41, 5.74) is 2.09. The fourth-order valence-electron chi connectivity index (χ4n) is 6.06. The van der Waals surface area contributed by atoms with E-state index < -0.39 is 5.60 Å². The molecule has 0 bridgehead atoms. The summed E-state index contributed by atoms with van der Waals surface area (Å²) in [4.78, 5) is 42.6. The number of benzene rings is 1. The number of piperidine rings is 2. The summed E-state index contributed by atoms with van der Waals surface area (Å²) < 4.78 is 5.55. The Morgan fingerprint density at radius 1 is 1.05 bits per heavy atom. The van der Waals surface area contributed by atoms with Crippen LogP contribution in [0.4, 0.5) is 16.2 Å². The number of carbonyl (C=O) groups excluding carboxylic acids is 3. The Morgan fingerprint density at radius 3 is 2.35 bits per heavy atom. The van der Waals surface area contributed by atoms with Crippen molar-refractivity contribution in [3.05, 3.63) is 24.3 Å². The monoisotopic (exact) mass is 511 g/mol. The number of ether oxygens (including phenoxy) is 1. The molecule has 3 aliphatic heterocycles. The minimum atomic E-state index is -0.439. The molecule has 4 aliphatic rings. The number of nitrogens with one attached hydrogen (secondary N) is 2. The third-order valence-electron chi connectivity index (χ3n) is 8.43. The van der Waals surface area contributed by atoms with Crippen molar-refractivity contribution in [3.8, 4) is 0 Å². The van der Waals surface area contributed by atoms with E-state index in [0.717, 1.165) is 70.3 Å². The van der Waals surface area contributed by atoms with Crippen LogP contribution in [0.2, 0.25) is 0 Å². The van der Waals surface area contributed by atoms with Crippen LogP contribution < -0.4 is 15.5 Å². The van der Waals surface area contributed by atoms with E-state index in [4.69, 9.17) is 4.74 Å². The smallest absolute Gasteiger partial charge is 0.410 e. The minimum Gasteiger partial charge on any atom is -0.444 e. The first-order valence-electron chi connectivity index (χ1n) is 13.8. The second-order valence-corrected chi connectivity index (χ2v) is 12.2. The van der Waals surface area contributed by atoms with Crippen molar-refractivity contribution in [1.29, 1.82) is 0 Å². The first-order valence-corrected chi connectivity index (χ1v) is 13.8. The highest BCUT2D eigenvalue weighted by Crippen LogP contribution is 2.59. The number of likely N-dealkylation sites (tertiary alicyclic amines) is 1. The van der Waals surface area contributed by atoms with Gasteiger partial charge in [-0.3, -0.25) is 19.8 Å². The van der Waals surface area contributed by atoms with E-state index in [1.807, 2.05) is 37.8 Å². The fraction of sp³-hybridized carbons (Fsp3) is 0.679. The van der Waals surface area contributed by atoms with Gasteiger partial charge in [-0.1, -0.05) is 0 Å². The lowest BCUT2D eigenvalue weighted by molar-refractivity contribution is -0.133. The molecule has 1 aromatic rings. The summed E-state index contributed by atoms with van der Waals surface area (Å²) in [5, 5.41) is 5.64. The van der Waals surface area contributed by atoms with Crippen LogP contribution in [0, 0.1) is 11.3 Å². The molecule has 0 aromatic heterocycles. The Kier molecular flexibility index (Phi) is 7.09. The average Bonchev–Trinajstić information content (AvgIpc) is 3.51. The number of hydrogen-bond donors (Lipinski definition) is 2. The van der Waals surface area contributed by atoms with Gasteiger partial charge in [0.2, 0.25) is 11.8 Å². The number of anilines is 2. The van der Waals surface area contributed by atoms with Crippen molar-refractivity contribution in [2.24, 2.45) is 11.3 Å². The predicted molar refractivity (Wildman–Crippen MR) is 142 cm³/mol. The van der Waals surface area contributed by atoms with Crippen molar-refractivity contribution in [1.82, 2.24) is 15.1 Å². The Hall–Kier alpha value is -2.81. The molecular formula is C28H41N5O4. The summed E-state index contributed by atoms with van der Waals surface area (Å²) in [5.74, 6) is 0.304. The van der Waals surface area contributed by atoms with Gasteiger partial charge in [0.05, 0.1) is 0 Å². The Bertz CT molecular complexity index is 1000. The maximum absolute atomic E-state index is 12.4. The lowest BCUT2D eigenvalue weighted by Gasteiger charge is -2.37. The van der Waals surface area contributed by atoms with E-state index in [1.165, 1.54) is 12.1 Å². The van der Waals surface area contributed by atoms with E-state index in [9.17, 15) is 14.4 Å². The summed E-state index contributed by atoms with van der Waals surface area (Å²) in [6.07, 6.45) is 4.20. The quantitative estimate of drug-likeness (QED) is 0.587. The lowest BCUT2D eigenvalue weighted by atomic mass is 9.91. The lowest BCUT2D eigenvalue weighted by Crippen LogP contribution is -2.48. The van der Waals surface area contributed by atoms with Gasteiger partial charge in [0.1, 0.15) is 11.6 Å². The molecular weight excluding hydrogens is 470 g/mol. The maximum Gasteiger partial charge on any atom is 0.410 e. The van der Waals surface area contributed by atoms with Gasteiger partial charge in [-0.2, -0.15) is 0 Å². The molecule has 3 heterocycles. The zero-order valence-electron chi connectivity index (χ0n) is 22.4. The molecule has 1 aromatic carbocycles. The first kappa shape index (κ1) is 25.8. The Balaban J connectivity index is 1.03. The molecule has 2 N–H and O–H groups in total. The van der Waals surface area contributed by atoms with Crippen LogP contribution in [-0.2, 0) is 14.3 Å². The predicted octanol–water partition coefficient (Wildman–Crippen LogP) is 3.06. The van der Waals surface area contributed by atoms with Gasteiger partial charge in [-0.25, -0.2) is 4.79 Å². The van der Waals surface area contributed by atoms with E-state index in [0.29, 0.717) is 18.3 Å². The number of nitrogens with zero attached hydrogens (tertiary/aromatic N) is 3. The summed E-state index contributed by atoms with van der Waals surface area (Å²) in [6, 6.07) is 7.89. The highest BCUT2D eigenvalue weighted by Gasteiger charge is 2.55. The second-order valence-electron chi connectivity index (χ2n) is 12.2. The number of carbonyl (C=O) groups is 3. The van der Waals surface area contributed by atoms with Crippen LogP contribution in [0.15, 0.2) is 24.3 Å². The van der Waals surface area contributed by atoms with Gasteiger partial charge in [-0.15, -0.1) is 0 Å². The van der Waals surface area contributed by atoms with Crippen molar-refractivity contribution in [2.45, 2.75) is 64.5 Å². The summed E-state index contributed by atoms with van der Waals surface area (Å²) >= 11 is 0. The standard InChI is InChI=1S/C28H41N5O4/c1-27(2,3)37-26(36)33-12-10-28(11-13-33)18-20(28)19-31-14-16-32(17-15-31)22-6-4-21(5-7-22)29-23-8-9-24(34)30-25(23)35/h4-7,20,23,29H,8-19H2,1-3H3,(H,30,34,35). The van der Waals surface area contributed by atoms with E-state index in [1.54, 1.807) is 0 Å². The molecule has 1 spiro atoms. The molecule has 4 fully saturated rings. The van der Waals surface area contributed by atoms with E-state index >= 15 is 0 Å². The van der Waals surface area contributed by atoms with Crippen LogP contribution >= 0.6 is 0 Å². The molecule has 9 heteroatoms. The molecule has 3 saturated heterocycles. The SMILES string of the molecule is CC(C)(C)OC(=O)N1CCC2(CC1)CC2CN1CCN(c2ccc(NC3CCC(=O)NC3=O)cc2)CC1. The van der Waals surface area contributed by atoms with Gasteiger partial charge in [0.15, 0.2) is 0 Å². The topological polar surface area (TPSA) is 94.2 Å². The number of piperazine rings is 1. The molecule has 1 aliphatic carbocycles. The zero-order chi connectivity index (χ0) is 26.2. The number of hydrogen-bond acceptors (Lipinski definition) is 7. The van der Waals surface area contributed by atoms with Crippen LogP contribution in [-0.4, -0.2) is 85.2 Å². The molecule has 1 saturated carbocycles. The van der Waals surface area contributed by atoms with Gasteiger partial charge >= 0.3 is 6.09 Å². The summed E-state index contributed by atoms with van der Waals surface area (Å²) in [7, 11) is 0. The van der Waals surface area contributed by atoms with Crippen LogP contribution in [0.3, 0.4) is 0 Å². The van der Waals surface area contributed by atoms with Gasteiger partial charge in [0, 0.05) is 63.6 Å². The normalized spacial score (nSPS) is 26.1. The second kappa shape index (κ2) is 10.2. The van der Waals surface area contributed by atoms with Crippen LogP contribution in [0.1, 0.15) is 52.9 Å². The molecule has 202 valence electrons. The molecule has 2 unspecified atom stereocenters. The highest BCUT2D eigenvalue weighted by atomic mass is 16.6. The average molecular weight is 512 g/mol. The van der Waals surface area contributed by atoms with Crippen molar-refractivity contribution < 1.29 is 19.1 Å². The van der Waals surface area contributed by atoms with E-state index in [-0.39, 0.29) is 23.9 Å². The van der Waals surface area contributed by atoms with Crippen molar-refractivity contribution in [2.75, 3.05) is 56.0 Å². The molecule has 5 rings (SSSR count). The number of imide groups is 1. The molecule has 2 atom stereocenters. The Labute approximate surface area is 219 Å². The highest BCUT2D eigenvalue weighted by molar-refractivity contribution is 6.01. The van der Waals surface area contributed by atoms with Crippen molar-refractivity contribution >= 4 is 29.3 Å². The van der Waals surface area contributed by atoms with Crippen LogP contribution in [0.5, 0.6) is 0 Å². The first-order chi connectivity index (χ1) is 17.6. The largest absolute Gasteiger partial charge is 0.444 e. The van der Waals surface area contributed by atoms with Crippen LogP contribution in [0.25, 0.3) is 0 Å².